The third kappa shape index (κ3) is 3.24. The summed E-state index contributed by atoms with van der Waals surface area (Å²) in [6.45, 7) is 3.69. The molecule has 2 atom stereocenters. The van der Waals surface area contributed by atoms with E-state index in [9.17, 15) is 4.79 Å². The monoisotopic (exact) mass is 170 g/mol. The molecule has 0 aliphatic heterocycles. The third-order valence-corrected chi connectivity index (χ3v) is 2.35. The zero-order valence-corrected chi connectivity index (χ0v) is 8.01. The van der Waals surface area contributed by atoms with Crippen LogP contribution < -0.4 is 0 Å². The molecule has 0 amide bonds. The number of carbonyl (C=O) groups excluding carboxylic acids is 1. The largest absolute Gasteiger partial charge is 0.462 e. The molecule has 1 fully saturated rings. The number of hydrogen-bond acceptors (Lipinski definition) is 2. The maximum Gasteiger partial charge on any atom is 0.302 e. The van der Waals surface area contributed by atoms with Gasteiger partial charge in [-0.3, -0.25) is 4.79 Å². The second-order valence-corrected chi connectivity index (χ2v) is 3.64. The topological polar surface area (TPSA) is 26.3 Å². The third-order valence-electron chi connectivity index (χ3n) is 2.35. The predicted octanol–water partition coefficient (Wildman–Crippen LogP) is 2.52. The van der Waals surface area contributed by atoms with Crippen molar-refractivity contribution in [1.29, 1.82) is 0 Å². The first-order valence-electron chi connectivity index (χ1n) is 4.91. The Morgan fingerprint density at radius 3 is 2.83 bits per heavy atom. The minimum Gasteiger partial charge on any atom is -0.462 e. The van der Waals surface area contributed by atoms with Gasteiger partial charge in [-0.1, -0.05) is 26.2 Å². The van der Waals surface area contributed by atoms with Crippen molar-refractivity contribution in [3.63, 3.8) is 0 Å². The molecule has 0 unspecified atom stereocenters. The zero-order chi connectivity index (χ0) is 8.97. The van der Waals surface area contributed by atoms with E-state index in [1.165, 1.54) is 32.6 Å². The Hall–Kier alpha value is -0.530. The first kappa shape index (κ1) is 9.56. The van der Waals surface area contributed by atoms with E-state index >= 15 is 0 Å². The molecular formula is C10H18O2. The van der Waals surface area contributed by atoms with Gasteiger partial charge in [0, 0.05) is 6.92 Å². The van der Waals surface area contributed by atoms with Gasteiger partial charge in [-0.05, 0) is 18.8 Å². The summed E-state index contributed by atoms with van der Waals surface area (Å²) in [4.78, 5) is 10.5. The van der Waals surface area contributed by atoms with Gasteiger partial charge in [0.2, 0.25) is 0 Å². The number of ether oxygens (including phenoxy) is 1. The summed E-state index contributed by atoms with van der Waals surface area (Å²) >= 11 is 0. The molecule has 1 rings (SSSR count). The van der Waals surface area contributed by atoms with Crippen LogP contribution >= 0.6 is 0 Å². The van der Waals surface area contributed by atoms with Gasteiger partial charge in [-0.25, -0.2) is 0 Å². The number of carbonyl (C=O) groups is 1. The van der Waals surface area contributed by atoms with Gasteiger partial charge in [0.1, 0.15) is 6.10 Å². The Morgan fingerprint density at radius 2 is 2.25 bits per heavy atom. The maximum atomic E-state index is 10.5. The first-order valence-corrected chi connectivity index (χ1v) is 4.91. The SMILES string of the molecule is CCCCC[C@@H]1C[C@H]1OC(C)=O. The van der Waals surface area contributed by atoms with Crippen LogP contribution in [-0.4, -0.2) is 12.1 Å². The van der Waals surface area contributed by atoms with Gasteiger partial charge < -0.3 is 4.74 Å². The highest BCUT2D eigenvalue weighted by atomic mass is 16.5. The normalized spacial score (nSPS) is 26.8. The number of unbranched alkanes of at least 4 members (excludes halogenated alkanes) is 2. The zero-order valence-electron chi connectivity index (χ0n) is 8.01. The highest BCUT2D eigenvalue weighted by Crippen LogP contribution is 2.38. The lowest BCUT2D eigenvalue weighted by Gasteiger charge is -1.99. The summed E-state index contributed by atoms with van der Waals surface area (Å²) in [5.74, 6) is 0.554. The average molecular weight is 170 g/mol. The first-order chi connectivity index (χ1) is 5.74. The van der Waals surface area contributed by atoms with E-state index in [0.29, 0.717) is 5.92 Å². The molecular weight excluding hydrogens is 152 g/mol. The standard InChI is InChI=1S/C10H18O2/c1-3-4-5-6-9-7-10(9)12-8(2)11/h9-10H,3-7H2,1-2H3/t9-,10-/m1/s1. The lowest BCUT2D eigenvalue weighted by atomic mass is 10.1. The molecule has 0 radical (unpaired) electrons. The van der Waals surface area contributed by atoms with Gasteiger partial charge in [0.05, 0.1) is 0 Å². The fourth-order valence-corrected chi connectivity index (χ4v) is 1.54. The van der Waals surface area contributed by atoms with E-state index < -0.39 is 0 Å². The van der Waals surface area contributed by atoms with Crippen molar-refractivity contribution in [3.8, 4) is 0 Å². The van der Waals surface area contributed by atoms with E-state index in [0.717, 1.165) is 6.42 Å². The number of rotatable bonds is 5. The minimum atomic E-state index is -0.127. The van der Waals surface area contributed by atoms with Crippen LogP contribution in [0.1, 0.15) is 46.0 Å². The molecule has 12 heavy (non-hydrogen) atoms. The van der Waals surface area contributed by atoms with Crippen LogP contribution in [0.4, 0.5) is 0 Å². The minimum absolute atomic E-state index is 0.127. The lowest BCUT2D eigenvalue weighted by Crippen LogP contribution is -2.02. The smallest absolute Gasteiger partial charge is 0.302 e. The van der Waals surface area contributed by atoms with Crippen LogP contribution in [0.15, 0.2) is 0 Å². The quantitative estimate of drug-likeness (QED) is 0.468. The van der Waals surface area contributed by atoms with E-state index in [1.807, 2.05) is 0 Å². The van der Waals surface area contributed by atoms with Gasteiger partial charge in [0.25, 0.3) is 0 Å². The fourth-order valence-electron chi connectivity index (χ4n) is 1.54. The van der Waals surface area contributed by atoms with Crippen LogP contribution in [0, 0.1) is 5.92 Å². The summed E-state index contributed by atoms with van der Waals surface area (Å²) in [7, 11) is 0. The molecule has 2 nitrogen and oxygen atoms in total. The molecule has 1 aliphatic carbocycles. The Kier molecular flexibility index (Phi) is 3.57. The Labute approximate surface area is 74.3 Å². The maximum absolute atomic E-state index is 10.5. The Morgan fingerprint density at radius 1 is 1.50 bits per heavy atom. The molecule has 0 saturated heterocycles. The van der Waals surface area contributed by atoms with Crippen LogP contribution in [0.5, 0.6) is 0 Å². The fraction of sp³-hybridized carbons (Fsp3) is 0.900. The highest BCUT2D eigenvalue weighted by molar-refractivity contribution is 5.66. The van der Waals surface area contributed by atoms with Crippen LogP contribution in [0.25, 0.3) is 0 Å². The molecule has 1 saturated carbocycles. The highest BCUT2D eigenvalue weighted by Gasteiger charge is 2.39. The van der Waals surface area contributed by atoms with Crippen molar-refractivity contribution < 1.29 is 9.53 Å². The van der Waals surface area contributed by atoms with Gasteiger partial charge in [-0.2, -0.15) is 0 Å². The molecule has 0 heterocycles. The van der Waals surface area contributed by atoms with Gasteiger partial charge in [0.15, 0.2) is 0 Å². The molecule has 70 valence electrons. The summed E-state index contributed by atoms with van der Waals surface area (Å²) in [5, 5.41) is 0. The van der Waals surface area contributed by atoms with Crippen LogP contribution in [0.3, 0.4) is 0 Å². The molecule has 2 heteroatoms. The van der Waals surface area contributed by atoms with Crippen molar-refractivity contribution in [2.24, 2.45) is 5.92 Å². The van der Waals surface area contributed by atoms with Crippen molar-refractivity contribution in [1.82, 2.24) is 0 Å². The summed E-state index contributed by atoms with van der Waals surface area (Å²) in [6, 6.07) is 0. The Bertz CT molecular complexity index is 154. The van der Waals surface area contributed by atoms with E-state index in [-0.39, 0.29) is 12.1 Å². The molecule has 0 aromatic heterocycles. The van der Waals surface area contributed by atoms with E-state index in [4.69, 9.17) is 4.74 Å². The second-order valence-electron chi connectivity index (χ2n) is 3.64. The van der Waals surface area contributed by atoms with Gasteiger partial charge >= 0.3 is 5.97 Å². The van der Waals surface area contributed by atoms with Crippen molar-refractivity contribution in [3.05, 3.63) is 0 Å². The molecule has 0 bridgehead atoms. The van der Waals surface area contributed by atoms with Gasteiger partial charge in [-0.15, -0.1) is 0 Å². The van der Waals surface area contributed by atoms with Crippen LogP contribution in [-0.2, 0) is 9.53 Å². The average Bonchev–Trinajstić information content (AvgIpc) is 2.67. The predicted molar refractivity (Wildman–Crippen MR) is 47.8 cm³/mol. The van der Waals surface area contributed by atoms with Crippen LogP contribution in [0.2, 0.25) is 0 Å². The molecule has 1 aliphatic rings. The number of esters is 1. The molecule has 0 N–H and O–H groups in total. The lowest BCUT2D eigenvalue weighted by molar-refractivity contribution is -0.142. The van der Waals surface area contributed by atoms with Crippen molar-refractivity contribution in [2.45, 2.75) is 52.1 Å². The molecule has 0 spiro atoms. The summed E-state index contributed by atoms with van der Waals surface area (Å²) in [5.41, 5.74) is 0. The second kappa shape index (κ2) is 4.48. The number of hydrogen-bond donors (Lipinski definition) is 0. The summed E-state index contributed by atoms with van der Waals surface area (Å²) in [6.07, 6.45) is 6.47. The Balaban J connectivity index is 1.97. The van der Waals surface area contributed by atoms with E-state index in [1.54, 1.807) is 0 Å². The summed E-state index contributed by atoms with van der Waals surface area (Å²) < 4.78 is 5.07. The van der Waals surface area contributed by atoms with E-state index in [2.05, 4.69) is 6.92 Å². The molecule has 0 aromatic carbocycles. The van der Waals surface area contributed by atoms with Crippen molar-refractivity contribution >= 4 is 5.97 Å². The van der Waals surface area contributed by atoms with Crippen molar-refractivity contribution in [2.75, 3.05) is 0 Å². The molecule has 0 aromatic rings.